The van der Waals surface area contributed by atoms with Crippen LogP contribution in [0.15, 0.2) is 18.2 Å². The first-order valence-corrected chi connectivity index (χ1v) is 6.08. The van der Waals surface area contributed by atoms with Gasteiger partial charge in [0.05, 0.1) is 5.69 Å². The molecule has 0 bridgehead atoms. The maximum absolute atomic E-state index is 14.0. The zero-order valence-electron chi connectivity index (χ0n) is 11.0. The van der Waals surface area contributed by atoms with Gasteiger partial charge in [-0.3, -0.25) is 4.79 Å². The van der Waals surface area contributed by atoms with E-state index in [1.54, 1.807) is 12.1 Å². The fourth-order valence-electron chi connectivity index (χ4n) is 2.00. The van der Waals surface area contributed by atoms with E-state index in [1.165, 1.54) is 13.0 Å². The fourth-order valence-corrected chi connectivity index (χ4v) is 2.00. The molecular formula is C14H20FNO. The van der Waals surface area contributed by atoms with Crippen molar-refractivity contribution in [3.63, 3.8) is 0 Å². The van der Waals surface area contributed by atoms with Crippen LogP contribution in [0.1, 0.15) is 44.5 Å². The summed E-state index contributed by atoms with van der Waals surface area (Å²) in [6.45, 7) is 8.24. The zero-order chi connectivity index (χ0) is 13.0. The Morgan fingerprint density at radius 2 is 2.06 bits per heavy atom. The molecule has 94 valence electrons. The predicted octanol–water partition coefficient (Wildman–Crippen LogP) is 3.65. The molecule has 1 rings (SSSR count). The number of anilines is 1. The molecule has 0 heterocycles. The maximum atomic E-state index is 14.0. The first kappa shape index (κ1) is 13.7. The van der Waals surface area contributed by atoms with Crippen molar-refractivity contribution in [3.05, 3.63) is 29.6 Å². The fraction of sp³-hybridized carbons (Fsp3) is 0.500. The van der Waals surface area contributed by atoms with Crippen molar-refractivity contribution in [1.29, 1.82) is 0 Å². The third-order valence-electron chi connectivity index (χ3n) is 3.12. The van der Waals surface area contributed by atoms with Crippen molar-refractivity contribution in [2.45, 2.75) is 40.2 Å². The normalized spacial score (nSPS) is 12.3. The largest absolute Gasteiger partial charge is 0.366 e. The topological polar surface area (TPSA) is 20.3 Å². The van der Waals surface area contributed by atoms with Crippen molar-refractivity contribution in [3.8, 4) is 0 Å². The summed E-state index contributed by atoms with van der Waals surface area (Å²) >= 11 is 0. The van der Waals surface area contributed by atoms with Crippen LogP contribution in [0.3, 0.4) is 0 Å². The molecule has 1 atom stereocenters. The van der Waals surface area contributed by atoms with Gasteiger partial charge in [0.1, 0.15) is 5.82 Å². The van der Waals surface area contributed by atoms with Crippen molar-refractivity contribution in [1.82, 2.24) is 0 Å². The van der Waals surface area contributed by atoms with E-state index in [9.17, 15) is 9.18 Å². The predicted molar refractivity (Wildman–Crippen MR) is 69.2 cm³/mol. The number of carbonyl (C=O) groups excluding carboxylic acids is 1. The maximum Gasteiger partial charge on any atom is 0.161 e. The lowest BCUT2D eigenvalue weighted by Crippen LogP contribution is -2.34. The number of benzene rings is 1. The number of hydrogen-bond donors (Lipinski definition) is 0. The number of Topliss-reactive ketones (excluding diaryl/α,β-unsaturated/α-hetero) is 1. The van der Waals surface area contributed by atoms with Crippen LogP contribution < -0.4 is 4.90 Å². The standard InChI is InChI=1S/C14H20FNO/c1-5-10(3)16(6-2)14-12(11(4)17)8-7-9-13(14)15/h7-10H,5-6H2,1-4H3. The van der Waals surface area contributed by atoms with Crippen LogP contribution in [0.4, 0.5) is 10.1 Å². The van der Waals surface area contributed by atoms with Gasteiger partial charge in [-0.2, -0.15) is 0 Å². The van der Waals surface area contributed by atoms with E-state index in [1.807, 2.05) is 18.7 Å². The van der Waals surface area contributed by atoms with Gasteiger partial charge in [-0.05, 0) is 39.3 Å². The van der Waals surface area contributed by atoms with Gasteiger partial charge >= 0.3 is 0 Å². The van der Waals surface area contributed by atoms with Gasteiger partial charge in [-0.1, -0.05) is 13.0 Å². The molecule has 2 nitrogen and oxygen atoms in total. The van der Waals surface area contributed by atoms with E-state index in [4.69, 9.17) is 0 Å². The van der Waals surface area contributed by atoms with Crippen LogP contribution in [-0.2, 0) is 0 Å². The second-order valence-corrected chi connectivity index (χ2v) is 4.24. The Bertz CT molecular complexity index is 403. The second kappa shape index (κ2) is 5.80. The Hall–Kier alpha value is -1.38. The van der Waals surface area contributed by atoms with Gasteiger partial charge < -0.3 is 4.90 Å². The van der Waals surface area contributed by atoms with E-state index in [0.717, 1.165) is 6.42 Å². The van der Waals surface area contributed by atoms with Gasteiger partial charge in [-0.15, -0.1) is 0 Å². The van der Waals surface area contributed by atoms with E-state index in [-0.39, 0.29) is 17.6 Å². The lowest BCUT2D eigenvalue weighted by molar-refractivity contribution is 0.101. The van der Waals surface area contributed by atoms with Crippen molar-refractivity contribution >= 4 is 11.5 Å². The summed E-state index contributed by atoms with van der Waals surface area (Å²) < 4.78 is 14.0. The van der Waals surface area contributed by atoms with E-state index >= 15 is 0 Å². The van der Waals surface area contributed by atoms with Crippen LogP contribution in [0.2, 0.25) is 0 Å². The molecule has 0 aliphatic carbocycles. The minimum Gasteiger partial charge on any atom is -0.366 e. The van der Waals surface area contributed by atoms with Crippen molar-refractivity contribution in [2.24, 2.45) is 0 Å². The first-order valence-electron chi connectivity index (χ1n) is 6.08. The molecule has 3 heteroatoms. The Balaban J connectivity index is 3.31. The van der Waals surface area contributed by atoms with Crippen LogP contribution in [0.5, 0.6) is 0 Å². The summed E-state index contributed by atoms with van der Waals surface area (Å²) in [6, 6.07) is 4.90. The quantitative estimate of drug-likeness (QED) is 0.728. The molecule has 0 aliphatic rings. The Morgan fingerprint density at radius 1 is 1.41 bits per heavy atom. The molecule has 0 amide bonds. The Kier molecular flexibility index (Phi) is 4.67. The van der Waals surface area contributed by atoms with Gasteiger partial charge in [0.25, 0.3) is 0 Å². The molecule has 0 aromatic heterocycles. The van der Waals surface area contributed by atoms with Gasteiger partial charge in [0.2, 0.25) is 0 Å². The first-order chi connectivity index (χ1) is 8.02. The summed E-state index contributed by atoms with van der Waals surface area (Å²) in [5.74, 6) is -0.416. The summed E-state index contributed by atoms with van der Waals surface area (Å²) in [4.78, 5) is 13.5. The lowest BCUT2D eigenvalue weighted by atomic mass is 10.1. The van der Waals surface area contributed by atoms with E-state index < -0.39 is 0 Å². The van der Waals surface area contributed by atoms with Gasteiger partial charge in [-0.25, -0.2) is 4.39 Å². The highest BCUT2D eigenvalue weighted by atomic mass is 19.1. The van der Waals surface area contributed by atoms with Gasteiger partial charge in [0.15, 0.2) is 5.78 Å². The number of halogens is 1. The third kappa shape index (κ3) is 2.84. The highest BCUT2D eigenvalue weighted by molar-refractivity contribution is 5.99. The minimum atomic E-state index is -0.320. The summed E-state index contributed by atoms with van der Waals surface area (Å²) in [5, 5.41) is 0. The summed E-state index contributed by atoms with van der Waals surface area (Å²) in [5.41, 5.74) is 0.906. The SMILES string of the molecule is CCC(C)N(CC)c1c(F)cccc1C(C)=O. The zero-order valence-corrected chi connectivity index (χ0v) is 11.0. The van der Waals surface area contributed by atoms with Crippen LogP contribution >= 0.6 is 0 Å². The van der Waals surface area contributed by atoms with Gasteiger partial charge in [0, 0.05) is 18.2 Å². The molecule has 0 radical (unpaired) electrons. The minimum absolute atomic E-state index is 0.0961. The number of carbonyl (C=O) groups is 1. The molecule has 1 aromatic carbocycles. The highest BCUT2D eigenvalue weighted by Gasteiger charge is 2.20. The number of para-hydroxylation sites is 1. The highest BCUT2D eigenvalue weighted by Crippen LogP contribution is 2.27. The smallest absolute Gasteiger partial charge is 0.161 e. The molecule has 0 saturated carbocycles. The van der Waals surface area contributed by atoms with Crippen LogP contribution in [0.25, 0.3) is 0 Å². The molecule has 0 spiro atoms. The molecule has 1 aromatic rings. The molecule has 0 fully saturated rings. The van der Waals surface area contributed by atoms with E-state index in [0.29, 0.717) is 17.8 Å². The summed E-state index contributed by atoms with van der Waals surface area (Å²) in [6.07, 6.45) is 0.916. The molecular weight excluding hydrogens is 217 g/mol. The molecule has 0 aliphatic heterocycles. The van der Waals surface area contributed by atoms with Crippen LogP contribution in [-0.4, -0.2) is 18.4 Å². The second-order valence-electron chi connectivity index (χ2n) is 4.24. The monoisotopic (exact) mass is 237 g/mol. The van der Waals surface area contributed by atoms with E-state index in [2.05, 4.69) is 6.92 Å². The Labute approximate surface area is 102 Å². The Morgan fingerprint density at radius 3 is 2.53 bits per heavy atom. The summed E-state index contributed by atoms with van der Waals surface area (Å²) in [7, 11) is 0. The van der Waals surface area contributed by atoms with Crippen molar-refractivity contribution in [2.75, 3.05) is 11.4 Å². The molecule has 0 N–H and O–H groups in total. The third-order valence-corrected chi connectivity index (χ3v) is 3.12. The molecule has 17 heavy (non-hydrogen) atoms. The molecule has 1 unspecified atom stereocenters. The number of ketones is 1. The number of nitrogens with zero attached hydrogens (tertiary/aromatic N) is 1. The number of hydrogen-bond acceptors (Lipinski definition) is 2. The lowest BCUT2D eigenvalue weighted by Gasteiger charge is -2.31. The average molecular weight is 237 g/mol. The average Bonchev–Trinajstić information content (AvgIpc) is 2.31. The number of rotatable bonds is 5. The molecule has 0 saturated heterocycles. The van der Waals surface area contributed by atoms with Crippen molar-refractivity contribution < 1.29 is 9.18 Å². The van der Waals surface area contributed by atoms with Crippen LogP contribution in [0, 0.1) is 5.82 Å².